The Morgan fingerprint density at radius 3 is 2.87 bits per heavy atom. The lowest BCUT2D eigenvalue weighted by molar-refractivity contribution is -0.00603. The number of rotatable bonds is 3. The fraction of sp³-hybridized carbons (Fsp3) is 0.476. The van der Waals surface area contributed by atoms with E-state index in [-0.39, 0.29) is 61.9 Å². The molecule has 1 aromatic carbocycles. The van der Waals surface area contributed by atoms with E-state index in [1.807, 2.05) is 0 Å². The first-order chi connectivity index (χ1) is 14.8. The molecular weight excluding hydrogens is 410 g/mol. The maximum atomic E-state index is 14.6. The number of fused-ring (bicyclic) bond motifs is 2. The molecule has 1 saturated heterocycles. The fourth-order valence-electron chi connectivity index (χ4n) is 4.21. The molecule has 1 fully saturated rings. The van der Waals surface area contributed by atoms with Crippen LogP contribution in [-0.4, -0.2) is 64.0 Å². The van der Waals surface area contributed by atoms with Crippen molar-refractivity contribution < 1.29 is 28.5 Å². The minimum atomic E-state index is -3.06. The molecule has 1 amide bonds. The van der Waals surface area contributed by atoms with Crippen molar-refractivity contribution >= 4 is 11.9 Å². The maximum Gasteiger partial charge on any atom is 0.290 e. The van der Waals surface area contributed by atoms with Crippen LogP contribution in [0.25, 0.3) is 11.3 Å². The number of aliphatic hydroxyl groups excluding tert-OH is 2. The lowest BCUT2D eigenvalue weighted by atomic mass is 10.0. The second-order valence-corrected chi connectivity index (χ2v) is 8.21. The Hall–Kier alpha value is -2.85. The van der Waals surface area contributed by atoms with E-state index in [1.54, 1.807) is 30.0 Å². The van der Waals surface area contributed by atoms with Crippen LogP contribution in [0, 0.1) is 0 Å². The number of nitrogens with one attached hydrogen (secondary N) is 1. The Bertz CT molecular complexity index is 1060. The van der Waals surface area contributed by atoms with Crippen molar-refractivity contribution in [1.29, 1.82) is 0 Å². The summed E-state index contributed by atoms with van der Waals surface area (Å²) in [7, 11) is 0. The summed E-state index contributed by atoms with van der Waals surface area (Å²) in [6.45, 7) is 1.94. The molecule has 2 aromatic rings. The average Bonchev–Trinajstić information content (AvgIpc) is 2.97. The number of halogens is 2. The van der Waals surface area contributed by atoms with E-state index in [0.717, 1.165) is 0 Å². The van der Waals surface area contributed by atoms with E-state index < -0.39 is 18.1 Å². The monoisotopic (exact) mass is 432 g/mol. The molecule has 0 unspecified atom stereocenters. The number of aliphatic hydroxyl groups is 2. The normalized spacial score (nSPS) is 26.3. The van der Waals surface area contributed by atoms with Crippen molar-refractivity contribution in [2.45, 2.75) is 43.9 Å². The third-order valence-corrected chi connectivity index (χ3v) is 6.21. The van der Waals surface area contributed by atoms with Gasteiger partial charge in [-0.2, -0.15) is 8.78 Å². The van der Waals surface area contributed by atoms with Crippen molar-refractivity contribution in [3.05, 3.63) is 35.0 Å². The summed E-state index contributed by atoms with van der Waals surface area (Å²) in [5, 5.41) is 22.0. The molecule has 3 atom stereocenters. The first-order valence-corrected chi connectivity index (χ1v) is 10.2. The van der Waals surface area contributed by atoms with Gasteiger partial charge < -0.3 is 25.2 Å². The summed E-state index contributed by atoms with van der Waals surface area (Å²) in [5.41, 5.74) is 1.27. The van der Waals surface area contributed by atoms with Gasteiger partial charge in [-0.1, -0.05) is 6.07 Å². The van der Waals surface area contributed by atoms with Gasteiger partial charge in [0.05, 0.1) is 36.6 Å². The molecule has 0 spiro atoms. The predicted octanol–water partition coefficient (Wildman–Crippen LogP) is 1.23. The Labute approximate surface area is 176 Å². The van der Waals surface area contributed by atoms with Gasteiger partial charge in [0.15, 0.2) is 0 Å². The number of hydrogen-bond acceptors (Lipinski definition) is 7. The molecule has 0 radical (unpaired) electrons. The lowest BCUT2D eigenvalue weighted by Crippen LogP contribution is -2.59. The van der Waals surface area contributed by atoms with Gasteiger partial charge >= 0.3 is 0 Å². The summed E-state index contributed by atoms with van der Waals surface area (Å²) in [6.07, 6.45) is -1.38. The molecule has 0 saturated carbocycles. The van der Waals surface area contributed by atoms with Gasteiger partial charge in [-0.25, -0.2) is 9.97 Å². The van der Waals surface area contributed by atoms with E-state index in [2.05, 4.69) is 15.3 Å². The molecule has 3 N–H and O–H groups in total. The van der Waals surface area contributed by atoms with E-state index in [0.29, 0.717) is 22.4 Å². The van der Waals surface area contributed by atoms with Gasteiger partial charge in [0, 0.05) is 24.1 Å². The summed E-state index contributed by atoms with van der Waals surface area (Å²) in [4.78, 5) is 22.8. The average molecular weight is 432 g/mol. The highest BCUT2D eigenvalue weighted by atomic mass is 19.3. The Kier molecular flexibility index (Phi) is 4.60. The summed E-state index contributed by atoms with van der Waals surface area (Å²) in [6, 6.07) is 4.54. The number of β-amino-alcohol motifs (C(OH)–C–C–N with tert-alkyl or cyclic N) is 1. The Morgan fingerprint density at radius 2 is 2.16 bits per heavy atom. The molecular formula is C21H22F2N4O4. The standard InChI is InChI=1S/C21H22F2N4O4/c1-10-15(29)8-27(10)20-25-17(14-4-5-21(22,23)18(14)26-20)11-2-3-13-16(6-11)31-12(9-28)7-24-19(13)30/h2-3,6,10,12,15,28-29H,4-5,7-9H2,1H3,(H,24,30)/t10-,12+,15+/m0/s1. The number of anilines is 1. The fourth-order valence-corrected chi connectivity index (χ4v) is 4.21. The van der Waals surface area contributed by atoms with Crippen molar-refractivity contribution in [2.24, 2.45) is 0 Å². The SMILES string of the molecule is C[C@H]1[C@H](O)CN1c1nc(-c2ccc3c(c2)O[C@@H](CO)CNC3=O)c2c(n1)C(F)(F)CC2. The first-order valence-electron chi connectivity index (χ1n) is 10.2. The molecule has 1 aromatic heterocycles. The summed E-state index contributed by atoms with van der Waals surface area (Å²) < 4.78 is 34.9. The van der Waals surface area contributed by atoms with E-state index in [4.69, 9.17) is 4.74 Å². The predicted molar refractivity (Wildman–Crippen MR) is 106 cm³/mol. The number of aromatic nitrogens is 2. The Balaban J connectivity index is 1.63. The van der Waals surface area contributed by atoms with Crippen molar-refractivity contribution in [2.75, 3.05) is 24.6 Å². The highest BCUT2D eigenvalue weighted by Gasteiger charge is 2.45. The molecule has 8 nitrogen and oxygen atoms in total. The maximum absolute atomic E-state index is 14.6. The number of ether oxygens (including phenoxy) is 1. The number of alkyl halides is 2. The molecule has 0 bridgehead atoms. The van der Waals surface area contributed by atoms with Gasteiger partial charge in [-0.3, -0.25) is 4.79 Å². The van der Waals surface area contributed by atoms with Crippen LogP contribution >= 0.6 is 0 Å². The second-order valence-electron chi connectivity index (χ2n) is 8.21. The third-order valence-electron chi connectivity index (χ3n) is 6.21. The lowest BCUT2D eigenvalue weighted by Gasteiger charge is -2.43. The molecule has 2 aliphatic heterocycles. The molecule has 5 rings (SSSR count). The number of benzene rings is 1. The van der Waals surface area contributed by atoms with E-state index in [1.165, 1.54) is 0 Å². The molecule has 1 aliphatic carbocycles. The third kappa shape index (κ3) is 3.21. The number of nitrogens with zero attached hydrogens (tertiary/aromatic N) is 3. The molecule has 31 heavy (non-hydrogen) atoms. The van der Waals surface area contributed by atoms with E-state index >= 15 is 0 Å². The summed E-state index contributed by atoms with van der Waals surface area (Å²) >= 11 is 0. The van der Waals surface area contributed by atoms with Crippen molar-refractivity contribution in [3.63, 3.8) is 0 Å². The minimum Gasteiger partial charge on any atom is -0.485 e. The molecule has 3 heterocycles. The highest BCUT2D eigenvalue weighted by Crippen LogP contribution is 2.45. The van der Waals surface area contributed by atoms with Crippen LogP contribution in [0.3, 0.4) is 0 Å². The van der Waals surface area contributed by atoms with Crippen LogP contribution in [0.1, 0.15) is 35.0 Å². The topological polar surface area (TPSA) is 108 Å². The van der Waals surface area contributed by atoms with Crippen LogP contribution < -0.4 is 15.0 Å². The number of carbonyl (C=O) groups is 1. The first kappa shape index (κ1) is 20.1. The zero-order chi connectivity index (χ0) is 21.9. The molecule has 164 valence electrons. The van der Waals surface area contributed by atoms with Crippen LogP contribution in [0.15, 0.2) is 18.2 Å². The van der Waals surface area contributed by atoms with Gasteiger partial charge in [0.25, 0.3) is 11.8 Å². The zero-order valence-corrected chi connectivity index (χ0v) is 16.8. The highest BCUT2D eigenvalue weighted by molar-refractivity contribution is 5.98. The minimum absolute atomic E-state index is 0.133. The molecule has 10 heteroatoms. The van der Waals surface area contributed by atoms with Gasteiger partial charge in [-0.15, -0.1) is 0 Å². The Morgan fingerprint density at radius 1 is 1.35 bits per heavy atom. The van der Waals surface area contributed by atoms with Crippen LogP contribution in [0.4, 0.5) is 14.7 Å². The van der Waals surface area contributed by atoms with Crippen molar-refractivity contribution in [3.8, 4) is 17.0 Å². The second kappa shape index (κ2) is 7.10. The quantitative estimate of drug-likeness (QED) is 0.670. The van der Waals surface area contributed by atoms with Gasteiger partial charge in [0.2, 0.25) is 5.95 Å². The van der Waals surface area contributed by atoms with Crippen molar-refractivity contribution in [1.82, 2.24) is 15.3 Å². The number of amides is 1. The number of hydrogen-bond donors (Lipinski definition) is 3. The number of carbonyl (C=O) groups excluding carboxylic acids is 1. The van der Waals surface area contributed by atoms with Crippen LogP contribution in [0.2, 0.25) is 0 Å². The van der Waals surface area contributed by atoms with E-state index in [9.17, 15) is 23.8 Å². The summed E-state index contributed by atoms with van der Waals surface area (Å²) in [5.74, 6) is -2.98. The largest absolute Gasteiger partial charge is 0.485 e. The van der Waals surface area contributed by atoms with Gasteiger partial charge in [0.1, 0.15) is 17.5 Å². The van der Waals surface area contributed by atoms with Crippen LogP contribution in [0.5, 0.6) is 5.75 Å². The zero-order valence-electron chi connectivity index (χ0n) is 16.8. The smallest absolute Gasteiger partial charge is 0.290 e. The molecule has 3 aliphatic rings. The van der Waals surface area contributed by atoms with Crippen LogP contribution in [-0.2, 0) is 12.3 Å². The van der Waals surface area contributed by atoms with Gasteiger partial charge in [-0.05, 0) is 25.5 Å².